The first-order valence-corrected chi connectivity index (χ1v) is 12.4. The normalized spacial score (nSPS) is 11.0. The second-order valence-corrected chi connectivity index (χ2v) is 9.52. The van der Waals surface area contributed by atoms with Crippen molar-refractivity contribution in [1.82, 2.24) is 9.55 Å². The third kappa shape index (κ3) is 4.40. The van der Waals surface area contributed by atoms with Gasteiger partial charge in [-0.3, -0.25) is 9.36 Å². The quantitative estimate of drug-likeness (QED) is 0.163. The van der Waals surface area contributed by atoms with Gasteiger partial charge in [-0.2, -0.15) is 0 Å². The SMILES string of the molecule is COC(=O)c1ccc(CSc2nc3sc(-c4ccccc4)cc3c(=O)n2-c2ccccc2)cc1. The highest BCUT2D eigenvalue weighted by atomic mass is 32.2. The van der Waals surface area contributed by atoms with Crippen LogP contribution in [0.15, 0.2) is 101 Å². The van der Waals surface area contributed by atoms with Gasteiger partial charge < -0.3 is 4.74 Å². The summed E-state index contributed by atoms with van der Waals surface area (Å²) >= 11 is 3.01. The lowest BCUT2D eigenvalue weighted by atomic mass is 10.1. The predicted molar refractivity (Wildman–Crippen MR) is 138 cm³/mol. The van der Waals surface area contributed by atoms with Gasteiger partial charge in [0.1, 0.15) is 4.83 Å². The molecular formula is C27H20N2O3S2. The number of methoxy groups -OCH3 is 1. The summed E-state index contributed by atoms with van der Waals surface area (Å²) in [5, 5.41) is 1.24. The van der Waals surface area contributed by atoms with Crippen LogP contribution in [0.4, 0.5) is 0 Å². The Morgan fingerprint density at radius 3 is 2.32 bits per heavy atom. The smallest absolute Gasteiger partial charge is 0.337 e. The van der Waals surface area contributed by atoms with Gasteiger partial charge in [0.15, 0.2) is 5.16 Å². The first-order valence-electron chi connectivity index (χ1n) is 10.6. The number of carbonyl (C=O) groups is 1. The highest BCUT2D eigenvalue weighted by Gasteiger charge is 2.17. The third-order valence-corrected chi connectivity index (χ3v) is 7.44. The highest BCUT2D eigenvalue weighted by molar-refractivity contribution is 7.98. The summed E-state index contributed by atoms with van der Waals surface area (Å²) in [5.41, 5.74) is 3.28. The second kappa shape index (κ2) is 9.67. The van der Waals surface area contributed by atoms with Gasteiger partial charge >= 0.3 is 5.97 Å². The van der Waals surface area contributed by atoms with Gasteiger partial charge in [-0.05, 0) is 41.5 Å². The summed E-state index contributed by atoms with van der Waals surface area (Å²) in [4.78, 5) is 32.0. The molecular weight excluding hydrogens is 464 g/mol. The first kappa shape index (κ1) is 22.1. The van der Waals surface area contributed by atoms with Crippen molar-refractivity contribution < 1.29 is 9.53 Å². The molecule has 0 aliphatic rings. The molecule has 0 radical (unpaired) electrons. The fourth-order valence-electron chi connectivity index (χ4n) is 3.61. The number of nitrogens with zero attached hydrogens (tertiary/aromatic N) is 2. The van der Waals surface area contributed by atoms with E-state index in [1.165, 1.54) is 30.2 Å². The Balaban J connectivity index is 1.55. The van der Waals surface area contributed by atoms with Crippen molar-refractivity contribution in [1.29, 1.82) is 0 Å². The van der Waals surface area contributed by atoms with Gasteiger partial charge in [0, 0.05) is 10.6 Å². The number of hydrogen-bond donors (Lipinski definition) is 0. The van der Waals surface area contributed by atoms with Gasteiger partial charge in [0.25, 0.3) is 5.56 Å². The van der Waals surface area contributed by atoms with Gasteiger partial charge in [-0.1, -0.05) is 72.4 Å². The van der Waals surface area contributed by atoms with Crippen LogP contribution in [-0.4, -0.2) is 22.6 Å². The molecule has 0 amide bonds. The maximum absolute atomic E-state index is 13.6. The molecule has 2 heterocycles. The molecule has 0 saturated carbocycles. The second-order valence-electron chi connectivity index (χ2n) is 7.54. The van der Waals surface area contributed by atoms with E-state index in [-0.39, 0.29) is 11.5 Å². The topological polar surface area (TPSA) is 61.2 Å². The average molecular weight is 485 g/mol. The van der Waals surface area contributed by atoms with Crippen molar-refractivity contribution >= 4 is 39.3 Å². The molecule has 0 unspecified atom stereocenters. The fraction of sp³-hybridized carbons (Fsp3) is 0.0741. The molecule has 0 aliphatic heterocycles. The van der Waals surface area contributed by atoms with Crippen LogP contribution in [0.3, 0.4) is 0 Å². The highest BCUT2D eigenvalue weighted by Crippen LogP contribution is 2.33. The molecule has 0 atom stereocenters. The molecule has 0 bridgehead atoms. The van der Waals surface area contributed by atoms with Crippen LogP contribution in [-0.2, 0) is 10.5 Å². The van der Waals surface area contributed by atoms with Crippen LogP contribution >= 0.6 is 23.1 Å². The van der Waals surface area contributed by atoms with Crippen LogP contribution < -0.4 is 5.56 Å². The number of hydrogen-bond acceptors (Lipinski definition) is 6. The van der Waals surface area contributed by atoms with E-state index in [0.717, 1.165) is 26.5 Å². The van der Waals surface area contributed by atoms with Gasteiger partial charge in [-0.15, -0.1) is 11.3 Å². The molecule has 5 nitrogen and oxygen atoms in total. The minimum Gasteiger partial charge on any atom is -0.465 e. The molecule has 0 saturated heterocycles. The van der Waals surface area contributed by atoms with Crippen molar-refractivity contribution in [3.8, 4) is 16.1 Å². The molecule has 5 rings (SSSR count). The molecule has 3 aromatic carbocycles. The minimum atomic E-state index is -0.365. The van der Waals surface area contributed by atoms with Gasteiger partial charge in [0.05, 0.1) is 23.7 Å². The number of para-hydroxylation sites is 1. The van der Waals surface area contributed by atoms with Gasteiger partial charge in [0.2, 0.25) is 0 Å². The number of ether oxygens (including phenoxy) is 1. The minimum absolute atomic E-state index is 0.0850. The summed E-state index contributed by atoms with van der Waals surface area (Å²) in [6, 6.07) is 28.8. The van der Waals surface area contributed by atoms with Gasteiger partial charge in [-0.25, -0.2) is 9.78 Å². The van der Waals surface area contributed by atoms with E-state index in [1.807, 2.05) is 78.9 Å². The van der Waals surface area contributed by atoms with E-state index in [2.05, 4.69) is 0 Å². The molecule has 2 aromatic heterocycles. The molecule has 0 fully saturated rings. The number of benzene rings is 3. The molecule has 0 aliphatic carbocycles. The number of fused-ring (bicyclic) bond motifs is 1. The Morgan fingerprint density at radius 1 is 0.971 bits per heavy atom. The maximum Gasteiger partial charge on any atom is 0.337 e. The molecule has 0 spiro atoms. The van der Waals surface area contributed by atoms with Crippen LogP contribution in [0.2, 0.25) is 0 Å². The zero-order chi connectivity index (χ0) is 23.5. The Labute approximate surface area is 204 Å². The van der Waals surface area contributed by atoms with Crippen molar-refractivity contribution in [2.75, 3.05) is 7.11 Å². The van der Waals surface area contributed by atoms with Crippen LogP contribution in [0.25, 0.3) is 26.3 Å². The summed E-state index contributed by atoms with van der Waals surface area (Å²) in [6.45, 7) is 0. The molecule has 7 heteroatoms. The standard InChI is InChI=1S/C27H20N2O3S2/c1-32-26(31)20-14-12-18(13-15-20)17-33-27-28-24-22(16-23(34-24)19-8-4-2-5-9-19)25(30)29(27)21-10-6-3-7-11-21/h2-16H,17H2,1H3. The van der Waals surface area contributed by atoms with Crippen LogP contribution in [0, 0.1) is 0 Å². The number of esters is 1. The number of aromatic nitrogens is 2. The van der Waals surface area contributed by atoms with E-state index in [0.29, 0.717) is 21.9 Å². The average Bonchev–Trinajstić information content (AvgIpc) is 3.33. The number of carbonyl (C=O) groups excluding carboxylic acids is 1. The van der Waals surface area contributed by atoms with E-state index in [4.69, 9.17) is 9.72 Å². The Hall–Kier alpha value is -3.68. The maximum atomic E-state index is 13.6. The molecule has 34 heavy (non-hydrogen) atoms. The van der Waals surface area contributed by atoms with Crippen molar-refractivity contribution in [3.63, 3.8) is 0 Å². The number of thioether (sulfide) groups is 1. The zero-order valence-corrected chi connectivity index (χ0v) is 19.9. The first-order chi connectivity index (χ1) is 16.6. The van der Waals surface area contributed by atoms with Crippen molar-refractivity contribution in [2.24, 2.45) is 0 Å². The van der Waals surface area contributed by atoms with E-state index >= 15 is 0 Å². The fourth-order valence-corrected chi connectivity index (χ4v) is 5.66. The summed E-state index contributed by atoms with van der Waals surface area (Å²) in [7, 11) is 1.37. The summed E-state index contributed by atoms with van der Waals surface area (Å²) in [5.74, 6) is 0.236. The van der Waals surface area contributed by atoms with E-state index in [1.54, 1.807) is 16.7 Å². The van der Waals surface area contributed by atoms with Crippen molar-refractivity contribution in [3.05, 3.63) is 112 Å². The Kier molecular flexibility index (Phi) is 6.29. The lowest BCUT2D eigenvalue weighted by Crippen LogP contribution is -2.21. The lowest BCUT2D eigenvalue weighted by Gasteiger charge is -2.12. The van der Waals surface area contributed by atoms with Crippen LogP contribution in [0.1, 0.15) is 15.9 Å². The van der Waals surface area contributed by atoms with Crippen molar-refractivity contribution in [2.45, 2.75) is 10.9 Å². The largest absolute Gasteiger partial charge is 0.465 e. The monoisotopic (exact) mass is 484 g/mol. The molecule has 5 aromatic rings. The lowest BCUT2D eigenvalue weighted by molar-refractivity contribution is 0.0600. The third-order valence-electron chi connectivity index (χ3n) is 5.35. The number of thiophene rings is 1. The van der Waals surface area contributed by atoms with E-state index in [9.17, 15) is 9.59 Å². The molecule has 168 valence electrons. The summed E-state index contributed by atoms with van der Waals surface area (Å²) < 4.78 is 6.44. The Morgan fingerprint density at radius 2 is 1.65 bits per heavy atom. The zero-order valence-electron chi connectivity index (χ0n) is 18.3. The Bertz CT molecular complexity index is 1510. The molecule has 0 N–H and O–H groups in total. The number of rotatable bonds is 6. The van der Waals surface area contributed by atoms with E-state index < -0.39 is 0 Å². The summed E-state index contributed by atoms with van der Waals surface area (Å²) in [6.07, 6.45) is 0. The van der Waals surface area contributed by atoms with Crippen LogP contribution in [0.5, 0.6) is 0 Å². The predicted octanol–water partition coefficient (Wildman–Crippen LogP) is 6.19.